The number of anilines is 1. The second-order valence-electron chi connectivity index (χ2n) is 7.97. The van der Waals surface area contributed by atoms with Crippen molar-refractivity contribution in [2.75, 3.05) is 19.0 Å². The molecule has 1 spiro atoms. The average molecular weight is 378 g/mol. The van der Waals surface area contributed by atoms with Crippen LogP contribution in [0.2, 0.25) is 0 Å². The van der Waals surface area contributed by atoms with Gasteiger partial charge in [-0.2, -0.15) is 0 Å². The quantitative estimate of drug-likeness (QED) is 0.887. The predicted octanol–water partition coefficient (Wildman–Crippen LogP) is 3.22. The molecule has 5 rings (SSSR count). The Morgan fingerprint density at radius 1 is 1.14 bits per heavy atom. The number of nitrogens with zero attached hydrogens (tertiary/aromatic N) is 1. The van der Waals surface area contributed by atoms with Gasteiger partial charge in [0, 0.05) is 12.6 Å². The van der Waals surface area contributed by atoms with Gasteiger partial charge in [0.1, 0.15) is 12.6 Å². The topological polar surface area (TPSA) is 67.9 Å². The van der Waals surface area contributed by atoms with E-state index in [9.17, 15) is 9.59 Å². The molecule has 1 aliphatic carbocycles. The highest BCUT2D eigenvalue weighted by atomic mass is 16.5. The van der Waals surface area contributed by atoms with Crippen LogP contribution in [-0.4, -0.2) is 36.4 Å². The fourth-order valence-corrected chi connectivity index (χ4v) is 4.26. The number of carbonyl (C=O) groups is 2. The third-order valence-corrected chi connectivity index (χ3v) is 6.06. The van der Waals surface area contributed by atoms with Crippen LogP contribution in [-0.2, 0) is 11.4 Å². The summed E-state index contributed by atoms with van der Waals surface area (Å²) in [6.07, 6.45) is 2.96. The van der Waals surface area contributed by atoms with E-state index in [0.29, 0.717) is 35.9 Å². The molecule has 1 saturated carbocycles. The third kappa shape index (κ3) is 2.80. The molecule has 0 bridgehead atoms. The first-order chi connectivity index (χ1) is 13.6. The summed E-state index contributed by atoms with van der Waals surface area (Å²) in [7, 11) is 1.55. The molecule has 1 saturated heterocycles. The normalized spacial score (nSPS) is 21.6. The van der Waals surface area contributed by atoms with Crippen LogP contribution in [0.15, 0.2) is 42.5 Å². The first-order valence-corrected chi connectivity index (χ1v) is 9.59. The molecular formula is C22H22N2O4. The zero-order chi connectivity index (χ0) is 19.3. The van der Waals surface area contributed by atoms with Gasteiger partial charge >= 0.3 is 0 Å². The SMILES string of the molecule is COc1cc2c(cc1OCc1ccccc1)NC(=O)C1CC3(CC3)CN1C2=O. The smallest absolute Gasteiger partial charge is 0.256 e. The van der Waals surface area contributed by atoms with Crippen LogP contribution in [0, 0.1) is 5.41 Å². The van der Waals surface area contributed by atoms with Crippen LogP contribution < -0.4 is 14.8 Å². The van der Waals surface area contributed by atoms with E-state index < -0.39 is 0 Å². The van der Waals surface area contributed by atoms with Gasteiger partial charge in [-0.1, -0.05) is 30.3 Å². The number of methoxy groups -OCH3 is 1. The molecule has 2 aromatic rings. The summed E-state index contributed by atoms with van der Waals surface area (Å²) in [5, 5.41) is 2.94. The second-order valence-corrected chi connectivity index (χ2v) is 7.97. The van der Waals surface area contributed by atoms with Crippen LogP contribution in [0.25, 0.3) is 0 Å². The molecule has 1 unspecified atom stereocenters. The summed E-state index contributed by atoms with van der Waals surface area (Å²) in [6, 6.07) is 12.8. The molecule has 2 fully saturated rings. The Morgan fingerprint density at radius 3 is 2.64 bits per heavy atom. The minimum absolute atomic E-state index is 0.116. The van der Waals surface area contributed by atoms with Crippen LogP contribution in [0.4, 0.5) is 5.69 Å². The number of ether oxygens (including phenoxy) is 2. The van der Waals surface area contributed by atoms with Crippen molar-refractivity contribution in [3.05, 3.63) is 53.6 Å². The van der Waals surface area contributed by atoms with Crippen LogP contribution >= 0.6 is 0 Å². The number of hydrogen-bond acceptors (Lipinski definition) is 4. The third-order valence-electron chi connectivity index (χ3n) is 6.06. The molecule has 6 nitrogen and oxygen atoms in total. The number of carbonyl (C=O) groups excluding carboxylic acids is 2. The van der Waals surface area contributed by atoms with Gasteiger partial charge < -0.3 is 19.7 Å². The Morgan fingerprint density at radius 2 is 1.93 bits per heavy atom. The molecule has 3 aliphatic rings. The monoisotopic (exact) mass is 378 g/mol. The van der Waals surface area contributed by atoms with E-state index in [1.165, 1.54) is 0 Å². The maximum absolute atomic E-state index is 13.2. The van der Waals surface area contributed by atoms with Gasteiger partial charge in [0.25, 0.3) is 5.91 Å². The lowest BCUT2D eigenvalue weighted by Gasteiger charge is -2.20. The van der Waals surface area contributed by atoms with Crippen molar-refractivity contribution in [3.63, 3.8) is 0 Å². The van der Waals surface area contributed by atoms with Gasteiger partial charge in [-0.3, -0.25) is 9.59 Å². The van der Waals surface area contributed by atoms with Gasteiger partial charge in [-0.25, -0.2) is 0 Å². The highest BCUT2D eigenvalue weighted by Crippen LogP contribution is 2.55. The van der Waals surface area contributed by atoms with Crippen molar-refractivity contribution in [3.8, 4) is 11.5 Å². The summed E-state index contributed by atoms with van der Waals surface area (Å²) in [5.74, 6) is 0.750. The summed E-state index contributed by atoms with van der Waals surface area (Å²) in [5.41, 5.74) is 2.13. The Labute approximate surface area is 163 Å². The maximum Gasteiger partial charge on any atom is 0.256 e. The lowest BCUT2D eigenvalue weighted by atomic mass is 10.0. The van der Waals surface area contributed by atoms with E-state index in [2.05, 4.69) is 5.32 Å². The van der Waals surface area contributed by atoms with Crippen molar-refractivity contribution in [2.45, 2.75) is 31.9 Å². The largest absolute Gasteiger partial charge is 0.493 e. The zero-order valence-corrected chi connectivity index (χ0v) is 15.7. The Hall–Kier alpha value is -3.02. The molecule has 2 amide bonds. The average Bonchev–Trinajstić information content (AvgIpc) is 3.37. The van der Waals surface area contributed by atoms with Crippen molar-refractivity contribution in [2.24, 2.45) is 5.41 Å². The minimum Gasteiger partial charge on any atom is -0.493 e. The first kappa shape index (κ1) is 17.1. The summed E-state index contributed by atoms with van der Waals surface area (Å²) >= 11 is 0. The number of nitrogens with one attached hydrogen (secondary N) is 1. The van der Waals surface area contributed by atoms with E-state index in [1.807, 2.05) is 30.3 Å². The van der Waals surface area contributed by atoms with Crippen LogP contribution in [0.3, 0.4) is 0 Å². The molecule has 6 heteroatoms. The second kappa shape index (κ2) is 6.26. The Kier molecular flexibility index (Phi) is 3.82. The number of fused-ring (bicyclic) bond motifs is 2. The van der Waals surface area contributed by atoms with Crippen molar-refractivity contribution in [1.29, 1.82) is 0 Å². The van der Waals surface area contributed by atoms with E-state index in [4.69, 9.17) is 9.47 Å². The van der Waals surface area contributed by atoms with Crippen LogP contribution in [0.5, 0.6) is 11.5 Å². The van der Waals surface area contributed by atoms with Crippen molar-refractivity contribution >= 4 is 17.5 Å². The molecular weight excluding hydrogens is 356 g/mol. The Balaban J connectivity index is 1.47. The van der Waals surface area contributed by atoms with Gasteiger partial charge in [0.2, 0.25) is 5.91 Å². The molecule has 0 radical (unpaired) electrons. The van der Waals surface area contributed by atoms with Crippen molar-refractivity contribution in [1.82, 2.24) is 4.90 Å². The van der Waals surface area contributed by atoms with Gasteiger partial charge in [0.15, 0.2) is 11.5 Å². The van der Waals surface area contributed by atoms with Gasteiger partial charge in [-0.15, -0.1) is 0 Å². The van der Waals surface area contributed by atoms with Crippen LogP contribution in [0.1, 0.15) is 35.2 Å². The fraction of sp³-hybridized carbons (Fsp3) is 0.364. The molecule has 1 atom stereocenters. The van der Waals surface area contributed by atoms with E-state index in [-0.39, 0.29) is 23.3 Å². The molecule has 2 aliphatic heterocycles. The van der Waals surface area contributed by atoms with Gasteiger partial charge in [0.05, 0.1) is 18.4 Å². The lowest BCUT2D eigenvalue weighted by molar-refractivity contribution is -0.119. The number of rotatable bonds is 4. The molecule has 2 aromatic carbocycles. The number of hydrogen-bond donors (Lipinski definition) is 1. The predicted molar refractivity (Wildman–Crippen MR) is 104 cm³/mol. The summed E-state index contributed by atoms with van der Waals surface area (Å²) in [6.45, 7) is 1.03. The van der Waals surface area contributed by atoms with E-state index >= 15 is 0 Å². The molecule has 0 aromatic heterocycles. The molecule has 2 heterocycles. The van der Waals surface area contributed by atoms with Crippen molar-refractivity contribution < 1.29 is 19.1 Å². The van der Waals surface area contributed by atoms with E-state index in [1.54, 1.807) is 24.1 Å². The highest BCUT2D eigenvalue weighted by molar-refractivity contribution is 6.10. The number of amides is 2. The first-order valence-electron chi connectivity index (χ1n) is 9.59. The molecule has 28 heavy (non-hydrogen) atoms. The fourth-order valence-electron chi connectivity index (χ4n) is 4.26. The summed E-state index contributed by atoms with van der Waals surface area (Å²) < 4.78 is 11.4. The molecule has 144 valence electrons. The Bertz CT molecular complexity index is 953. The standard InChI is InChI=1S/C22H22N2O4/c1-27-18-9-15-16(10-19(18)28-12-14-5-3-2-4-6-14)23-20(25)17-11-22(7-8-22)13-24(17)21(15)26/h2-6,9-10,17H,7-8,11-13H2,1H3,(H,23,25). The van der Waals surface area contributed by atoms with E-state index in [0.717, 1.165) is 24.8 Å². The zero-order valence-electron chi connectivity index (χ0n) is 15.7. The summed E-state index contributed by atoms with van der Waals surface area (Å²) in [4.78, 5) is 27.7. The van der Waals surface area contributed by atoms with Gasteiger partial charge in [-0.05, 0) is 36.3 Å². The lowest BCUT2D eigenvalue weighted by Crippen LogP contribution is -2.40. The maximum atomic E-state index is 13.2. The minimum atomic E-state index is -0.387. The molecule has 1 N–H and O–H groups in total. The highest BCUT2D eigenvalue weighted by Gasteiger charge is 2.56. The number of benzene rings is 2.